The molecule has 2 rings (SSSR count). The van der Waals surface area contributed by atoms with Gasteiger partial charge in [0.15, 0.2) is 0 Å². The van der Waals surface area contributed by atoms with Crippen LogP contribution in [0.5, 0.6) is 5.75 Å². The molecule has 114 valence electrons. The maximum atomic E-state index is 5.48. The molecule has 21 heavy (non-hydrogen) atoms. The zero-order valence-electron chi connectivity index (χ0n) is 12.7. The lowest BCUT2D eigenvalue weighted by Crippen LogP contribution is -2.23. The Morgan fingerprint density at radius 3 is 2.62 bits per heavy atom. The van der Waals surface area contributed by atoms with Crippen LogP contribution in [0.4, 0.5) is 0 Å². The number of hydrogen-bond acceptors (Lipinski definition) is 5. The summed E-state index contributed by atoms with van der Waals surface area (Å²) in [4.78, 5) is 4.32. The second-order valence-electron chi connectivity index (χ2n) is 4.63. The number of benzene rings is 1. The summed E-state index contributed by atoms with van der Waals surface area (Å²) in [6.45, 7) is 7.63. The van der Waals surface area contributed by atoms with Gasteiger partial charge in [0.2, 0.25) is 5.16 Å². The number of hydrogen-bond donors (Lipinski definition) is 2. The fourth-order valence-corrected chi connectivity index (χ4v) is 2.96. The molecule has 0 fully saturated rings. The van der Waals surface area contributed by atoms with Crippen molar-refractivity contribution in [2.45, 2.75) is 32.0 Å². The van der Waals surface area contributed by atoms with Crippen molar-refractivity contribution in [3.63, 3.8) is 0 Å². The summed E-state index contributed by atoms with van der Waals surface area (Å²) in [6, 6.07) is 8.54. The number of aromatic nitrogens is 3. The lowest BCUT2D eigenvalue weighted by Gasteiger charge is -2.17. The van der Waals surface area contributed by atoms with E-state index in [-0.39, 0.29) is 6.04 Å². The van der Waals surface area contributed by atoms with Crippen molar-refractivity contribution >= 4 is 11.8 Å². The first-order chi connectivity index (χ1) is 10.2. The number of aryl methyl sites for hydroxylation is 1. The zero-order chi connectivity index (χ0) is 15.1. The van der Waals surface area contributed by atoms with Crippen molar-refractivity contribution in [3.05, 3.63) is 35.7 Å². The Labute approximate surface area is 129 Å². The van der Waals surface area contributed by atoms with E-state index in [9.17, 15) is 0 Å². The van der Waals surface area contributed by atoms with Crippen LogP contribution in [0, 0.1) is 6.92 Å². The van der Waals surface area contributed by atoms with Gasteiger partial charge in [-0.05, 0) is 38.1 Å². The van der Waals surface area contributed by atoms with Gasteiger partial charge < -0.3 is 10.1 Å². The molecule has 0 spiro atoms. The van der Waals surface area contributed by atoms with Crippen LogP contribution in [-0.2, 0) is 0 Å². The highest BCUT2D eigenvalue weighted by molar-refractivity contribution is 7.99. The molecule has 0 radical (unpaired) electrons. The topological polar surface area (TPSA) is 62.8 Å². The minimum atomic E-state index is 0.273. The van der Waals surface area contributed by atoms with Crippen LogP contribution < -0.4 is 10.1 Å². The molecule has 0 bridgehead atoms. The van der Waals surface area contributed by atoms with E-state index in [0.717, 1.165) is 29.0 Å². The highest BCUT2D eigenvalue weighted by atomic mass is 32.2. The third-order valence-electron chi connectivity index (χ3n) is 3.00. The third kappa shape index (κ3) is 4.75. The number of thioether (sulfide) groups is 1. The van der Waals surface area contributed by atoms with Gasteiger partial charge in [0.1, 0.15) is 11.6 Å². The number of rotatable bonds is 8. The van der Waals surface area contributed by atoms with Gasteiger partial charge >= 0.3 is 0 Å². The predicted octanol–water partition coefficient (Wildman–Crippen LogP) is 2.95. The Morgan fingerprint density at radius 1 is 1.29 bits per heavy atom. The van der Waals surface area contributed by atoms with Gasteiger partial charge in [-0.1, -0.05) is 30.8 Å². The maximum absolute atomic E-state index is 5.48. The van der Waals surface area contributed by atoms with E-state index in [4.69, 9.17) is 4.74 Å². The first-order valence-corrected chi connectivity index (χ1v) is 8.19. The van der Waals surface area contributed by atoms with Crippen molar-refractivity contribution in [2.75, 3.05) is 18.9 Å². The van der Waals surface area contributed by atoms with Gasteiger partial charge in [-0.2, -0.15) is 0 Å². The Balaban J connectivity index is 2.00. The van der Waals surface area contributed by atoms with Gasteiger partial charge in [0.25, 0.3) is 0 Å². The quantitative estimate of drug-likeness (QED) is 0.734. The molecular weight excluding hydrogens is 284 g/mol. The molecule has 2 N–H and O–H groups in total. The second-order valence-corrected chi connectivity index (χ2v) is 5.61. The first kappa shape index (κ1) is 15.9. The van der Waals surface area contributed by atoms with E-state index >= 15 is 0 Å². The summed E-state index contributed by atoms with van der Waals surface area (Å²) in [5, 5.41) is 11.3. The number of aromatic amines is 1. The number of H-pyrrole nitrogens is 1. The Hall–Kier alpha value is -1.53. The maximum Gasteiger partial charge on any atom is 0.208 e. The summed E-state index contributed by atoms with van der Waals surface area (Å²) in [7, 11) is 0. The fourth-order valence-electron chi connectivity index (χ4n) is 2.03. The molecule has 1 atom stereocenters. The second kappa shape index (κ2) is 8.05. The molecule has 0 aliphatic carbocycles. The minimum Gasteiger partial charge on any atom is -0.494 e. The highest BCUT2D eigenvalue weighted by Gasteiger charge is 2.12. The fraction of sp³-hybridized carbons (Fsp3) is 0.467. The number of nitrogens with one attached hydrogen (secondary N) is 2. The van der Waals surface area contributed by atoms with Crippen LogP contribution in [0.25, 0.3) is 0 Å². The van der Waals surface area contributed by atoms with Crippen LogP contribution in [0.1, 0.15) is 31.3 Å². The van der Waals surface area contributed by atoms with E-state index in [1.54, 1.807) is 11.8 Å². The van der Waals surface area contributed by atoms with Crippen molar-refractivity contribution in [1.82, 2.24) is 20.5 Å². The molecule has 6 heteroatoms. The lowest BCUT2D eigenvalue weighted by atomic mass is 10.1. The van der Waals surface area contributed by atoms with E-state index in [1.165, 1.54) is 5.56 Å². The van der Waals surface area contributed by atoms with E-state index in [0.29, 0.717) is 6.61 Å². The summed E-state index contributed by atoms with van der Waals surface area (Å²) >= 11 is 1.65. The molecule has 1 aromatic carbocycles. The SMILES string of the molecule is CCNC(CSc1n[nH]c(C)n1)c1ccc(OCC)cc1. The van der Waals surface area contributed by atoms with Crippen molar-refractivity contribution in [3.8, 4) is 5.75 Å². The molecule has 5 nitrogen and oxygen atoms in total. The molecule has 0 saturated heterocycles. The average Bonchev–Trinajstić information content (AvgIpc) is 2.90. The van der Waals surface area contributed by atoms with Gasteiger partial charge in [-0.25, -0.2) is 4.98 Å². The van der Waals surface area contributed by atoms with Gasteiger partial charge in [-0.3, -0.25) is 5.10 Å². The monoisotopic (exact) mass is 306 g/mol. The third-order valence-corrected chi connectivity index (χ3v) is 3.94. The van der Waals surface area contributed by atoms with Gasteiger partial charge in [-0.15, -0.1) is 5.10 Å². The summed E-state index contributed by atoms with van der Waals surface area (Å²) in [5.74, 6) is 2.64. The molecule has 1 aromatic heterocycles. The molecule has 0 aliphatic rings. The number of nitrogens with zero attached hydrogens (tertiary/aromatic N) is 2. The van der Waals surface area contributed by atoms with Crippen LogP contribution in [0.2, 0.25) is 0 Å². The molecule has 2 aromatic rings. The summed E-state index contributed by atoms with van der Waals surface area (Å²) < 4.78 is 5.48. The molecule has 0 saturated carbocycles. The van der Waals surface area contributed by atoms with Crippen LogP contribution in [-0.4, -0.2) is 34.1 Å². The lowest BCUT2D eigenvalue weighted by molar-refractivity contribution is 0.340. The van der Waals surface area contributed by atoms with Crippen molar-refractivity contribution < 1.29 is 4.74 Å². The standard InChI is InChI=1S/C15H22N4OS/c1-4-16-14(10-21-15-17-11(3)18-19-15)12-6-8-13(9-7-12)20-5-2/h6-9,14,16H,4-5,10H2,1-3H3,(H,17,18,19). The van der Waals surface area contributed by atoms with E-state index in [2.05, 4.69) is 39.6 Å². The summed E-state index contributed by atoms with van der Waals surface area (Å²) in [5.41, 5.74) is 1.25. The van der Waals surface area contributed by atoms with Gasteiger partial charge in [0.05, 0.1) is 6.61 Å². The van der Waals surface area contributed by atoms with Crippen LogP contribution >= 0.6 is 11.8 Å². The Bertz CT molecular complexity index is 541. The Kier molecular flexibility index (Phi) is 6.07. The van der Waals surface area contributed by atoms with Gasteiger partial charge in [0, 0.05) is 11.8 Å². The Morgan fingerprint density at radius 2 is 2.05 bits per heavy atom. The molecule has 0 amide bonds. The predicted molar refractivity (Wildman–Crippen MR) is 85.9 cm³/mol. The van der Waals surface area contributed by atoms with Crippen molar-refractivity contribution in [2.24, 2.45) is 0 Å². The molecule has 1 heterocycles. The highest BCUT2D eigenvalue weighted by Crippen LogP contribution is 2.24. The summed E-state index contributed by atoms with van der Waals surface area (Å²) in [6.07, 6.45) is 0. The number of ether oxygens (including phenoxy) is 1. The van der Waals surface area contributed by atoms with E-state index in [1.807, 2.05) is 26.0 Å². The molecule has 0 aliphatic heterocycles. The van der Waals surface area contributed by atoms with Crippen molar-refractivity contribution in [1.29, 1.82) is 0 Å². The minimum absolute atomic E-state index is 0.273. The zero-order valence-corrected chi connectivity index (χ0v) is 13.5. The molecular formula is C15H22N4OS. The smallest absolute Gasteiger partial charge is 0.208 e. The normalized spacial score (nSPS) is 12.3. The molecule has 1 unspecified atom stereocenters. The first-order valence-electron chi connectivity index (χ1n) is 7.20. The average molecular weight is 306 g/mol. The van der Waals surface area contributed by atoms with E-state index < -0.39 is 0 Å². The van der Waals surface area contributed by atoms with Crippen LogP contribution in [0.3, 0.4) is 0 Å². The largest absolute Gasteiger partial charge is 0.494 e. The van der Waals surface area contributed by atoms with Crippen LogP contribution in [0.15, 0.2) is 29.4 Å².